The molecule has 0 saturated carbocycles. The molecule has 8 aromatic rings. The van der Waals surface area contributed by atoms with Crippen LogP contribution in [0.15, 0.2) is 163 Å². The molecular formula is C56H85N24O4P+2. The third-order valence-electron chi connectivity index (χ3n) is 12.9. The molecule has 4 aromatic heterocycles. The van der Waals surface area contributed by atoms with E-state index in [-0.39, 0.29) is 0 Å². The zero-order valence-corrected chi connectivity index (χ0v) is 53.0. The van der Waals surface area contributed by atoms with Crippen LogP contribution in [0.2, 0.25) is 0 Å². The number of nitrogens with zero attached hydrogens (tertiary/aromatic N) is 24. The molecule has 28 nitrogen and oxygen atoms in total. The van der Waals surface area contributed by atoms with Gasteiger partial charge >= 0.3 is 23.8 Å². The second-order valence-electron chi connectivity index (χ2n) is 18.7. The van der Waals surface area contributed by atoms with Gasteiger partial charge in [-0.25, -0.2) is 18.3 Å². The quantitative estimate of drug-likeness (QED) is 0.0434. The van der Waals surface area contributed by atoms with E-state index in [4.69, 9.17) is 19.2 Å². The normalized spacial score (nSPS) is 11.2. The van der Waals surface area contributed by atoms with Crippen LogP contribution in [0, 0.1) is 0 Å². The molecule has 0 spiro atoms. The Balaban J connectivity index is 0.000000236. The first kappa shape index (κ1) is 68.6. The third kappa shape index (κ3) is 22.0. The number of anilines is 4. The molecule has 0 saturated heterocycles. The lowest BCUT2D eigenvalue weighted by molar-refractivity contribution is -0.659. The molecule has 1 N–H and O–H groups in total. The highest BCUT2D eigenvalue weighted by atomic mass is 31.2. The molecule has 0 aliphatic heterocycles. The van der Waals surface area contributed by atoms with Crippen molar-refractivity contribution in [2.45, 2.75) is 55.4 Å². The van der Waals surface area contributed by atoms with Gasteiger partial charge in [-0.05, 0) is 173 Å². The van der Waals surface area contributed by atoms with Crippen LogP contribution in [0.3, 0.4) is 0 Å². The maximum atomic E-state index is 8.66. The molecule has 4 heterocycles. The van der Waals surface area contributed by atoms with Crippen molar-refractivity contribution in [1.82, 2.24) is 39.1 Å². The van der Waals surface area contributed by atoms with E-state index in [1.165, 1.54) is 22.7 Å². The van der Waals surface area contributed by atoms with E-state index in [9.17, 15) is 0 Å². The number of benzene rings is 4. The molecule has 0 fully saturated rings. The molecule has 456 valence electrons. The van der Waals surface area contributed by atoms with Gasteiger partial charge in [0.25, 0.3) is 0 Å². The smallest absolute Gasteiger partial charge is 0.403 e. The van der Waals surface area contributed by atoms with E-state index in [0.717, 1.165) is 75.1 Å². The van der Waals surface area contributed by atoms with Crippen molar-refractivity contribution in [3.63, 3.8) is 0 Å². The summed E-state index contributed by atoms with van der Waals surface area (Å²) in [6.07, 6.45) is 6.82. The zero-order valence-electron chi connectivity index (χ0n) is 52.1. The van der Waals surface area contributed by atoms with E-state index < -0.39 is 7.82 Å². The van der Waals surface area contributed by atoms with Crippen molar-refractivity contribution in [3.8, 4) is 0 Å². The van der Waals surface area contributed by atoms with E-state index in [0.29, 0.717) is 23.8 Å². The molecule has 8 rings (SSSR count). The first-order valence-electron chi connectivity index (χ1n) is 27.9. The summed E-state index contributed by atoms with van der Waals surface area (Å²) in [4.78, 5) is 33.5. The number of phosphoric acid groups is 1. The Morgan fingerprint density at radius 2 is 0.518 bits per heavy atom. The van der Waals surface area contributed by atoms with Gasteiger partial charge < -0.3 is 38.8 Å². The minimum Gasteiger partial charge on any atom is -0.790 e. The molecule has 85 heavy (non-hydrogen) atoms. The largest absolute Gasteiger partial charge is 0.790 e. The highest BCUT2D eigenvalue weighted by Gasteiger charge is 2.15. The average molecular weight is 1190 g/mol. The fourth-order valence-corrected chi connectivity index (χ4v) is 8.17. The Morgan fingerprint density at radius 1 is 0.365 bits per heavy atom. The summed E-state index contributed by atoms with van der Waals surface area (Å²) in [5, 5.41) is 50.3. The summed E-state index contributed by atoms with van der Waals surface area (Å²) >= 11 is 0. The first-order chi connectivity index (χ1) is 40.6. The minimum atomic E-state index is -5.14. The summed E-state index contributed by atoms with van der Waals surface area (Å²) < 4.78 is 22.7. The topological polar surface area (TPSA) is 282 Å². The van der Waals surface area contributed by atoms with E-state index in [1.807, 2.05) is 123 Å². The number of rotatable bonds is 20. The van der Waals surface area contributed by atoms with Crippen molar-refractivity contribution in [3.05, 3.63) is 122 Å². The van der Waals surface area contributed by atoms with Gasteiger partial charge in [0.1, 0.15) is 0 Å². The number of aryl methyl sites for hydroxylation is 8. The second kappa shape index (κ2) is 34.7. The van der Waals surface area contributed by atoms with Crippen LogP contribution in [0.25, 0.3) is 0 Å². The van der Waals surface area contributed by atoms with E-state index in [1.54, 1.807) is 44.0 Å². The maximum Gasteiger partial charge on any atom is 0.403 e. The Labute approximate surface area is 499 Å². The van der Waals surface area contributed by atoms with Crippen LogP contribution in [0.1, 0.15) is 55.4 Å². The van der Waals surface area contributed by atoms with Crippen molar-refractivity contribution in [2.24, 2.45) is 97.3 Å². The van der Waals surface area contributed by atoms with Crippen molar-refractivity contribution in [2.75, 3.05) is 72.0 Å². The van der Waals surface area contributed by atoms with Gasteiger partial charge in [-0.2, -0.15) is 0 Å². The molecule has 29 heteroatoms. The molecule has 0 amide bonds. The van der Waals surface area contributed by atoms with Gasteiger partial charge in [0.05, 0.1) is 87.0 Å². The number of hydrogen-bond donors (Lipinski definition) is 1. The Hall–Kier alpha value is -8.85. The van der Waals surface area contributed by atoms with Gasteiger partial charge in [0.15, 0.2) is 0 Å². The Morgan fingerprint density at radius 3 is 0.635 bits per heavy atom. The predicted octanol–water partition coefficient (Wildman–Crippen LogP) is 7.83. The van der Waals surface area contributed by atoms with Crippen LogP contribution in [-0.2, 0) is 60.9 Å². The SMILES string of the molecule is CCN(CC)c1ccc(N=Nc2n(C)nc[n+]2C)cc1.CCN(CC)c1ccc(N=Nc2n(C)nc[n+]2C)cc1.CCN(CC)c1ccc(N=Nc2n(C)nc[n+]2C)cc1.CCN(CC)c1ccc(N=Nc2n(C)nc[n+]2C)cc1.O=P([O-])([O-])O. The van der Waals surface area contributed by atoms with Crippen molar-refractivity contribution >= 4 is 77.1 Å². The Kier molecular flexibility index (Phi) is 28.0. The van der Waals surface area contributed by atoms with Crippen molar-refractivity contribution < 1.29 is 37.5 Å². The standard InChI is InChI=1S/4C14H21N6.H3O4P/c4*1-5-20(6-2)13-9-7-12(8-10-13)16-17-14-18(3)11-15-19(14)4;1-5(2,3)4/h4*7-11H,5-6H2,1-4H3;(H3,1,2,3,4)/q4*+1;/p-2. The summed E-state index contributed by atoms with van der Waals surface area (Å²) in [6, 6.07) is 32.4. The maximum absolute atomic E-state index is 8.66. The highest BCUT2D eigenvalue weighted by Crippen LogP contribution is 2.25. The van der Waals surface area contributed by atoms with Crippen LogP contribution in [-0.4, -0.2) is 96.4 Å². The predicted molar refractivity (Wildman–Crippen MR) is 324 cm³/mol. The van der Waals surface area contributed by atoms with Gasteiger partial charge in [-0.15, -0.1) is 18.7 Å². The summed E-state index contributed by atoms with van der Waals surface area (Å²) in [5.41, 5.74) is 8.17. The molecule has 0 aliphatic rings. The van der Waals surface area contributed by atoms with Crippen LogP contribution < -0.4 is 47.7 Å². The number of aromatic nitrogens is 12. The Bertz CT molecular complexity index is 2870. The van der Waals surface area contributed by atoms with Gasteiger partial charge in [0, 0.05) is 95.6 Å². The lowest BCUT2D eigenvalue weighted by atomic mass is 10.2. The second-order valence-corrected chi connectivity index (χ2v) is 19.6. The molecular weight excluding hydrogens is 1100 g/mol. The summed E-state index contributed by atoms with van der Waals surface area (Å²) in [6.45, 7) is 25.2. The molecule has 0 radical (unpaired) electrons. The van der Waals surface area contributed by atoms with Crippen LogP contribution in [0.4, 0.5) is 69.3 Å². The number of azo groups is 4. The van der Waals surface area contributed by atoms with E-state index >= 15 is 0 Å². The molecule has 4 aromatic carbocycles. The highest BCUT2D eigenvalue weighted by molar-refractivity contribution is 7.42. The fraction of sp³-hybridized carbons (Fsp3) is 0.429. The lowest BCUT2D eigenvalue weighted by Crippen LogP contribution is -2.25. The average Bonchev–Trinajstić information content (AvgIpc) is 4.46. The number of hydrogen-bond acceptors (Lipinski definition) is 19. The lowest BCUT2D eigenvalue weighted by Gasteiger charge is -2.20. The monoisotopic (exact) mass is 1190 g/mol. The van der Waals surface area contributed by atoms with Crippen LogP contribution >= 0.6 is 7.82 Å². The van der Waals surface area contributed by atoms with Crippen LogP contribution in [0.5, 0.6) is 0 Å². The molecule has 0 bridgehead atoms. The minimum absolute atomic E-state index is 0.706. The first-order valence-corrected chi connectivity index (χ1v) is 29.4. The molecule has 0 atom stereocenters. The summed E-state index contributed by atoms with van der Waals surface area (Å²) in [7, 11) is 9.82. The van der Waals surface area contributed by atoms with Crippen molar-refractivity contribution in [1.29, 1.82) is 0 Å². The van der Waals surface area contributed by atoms with Gasteiger partial charge in [-0.1, -0.05) is 20.5 Å². The molecule has 0 aliphatic carbocycles. The van der Waals surface area contributed by atoms with E-state index in [2.05, 4.69) is 185 Å². The zero-order chi connectivity index (χ0) is 62.6. The summed E-state index contributed by atoms with van der Waals surface area (Å²) in [5.74, 6) is 2.83. The fourth-order valence-electron chi connectivity index (χ4n) is 8.17. The van der Waals surface area contributed by atoms with Gasteiger partial charge in [-0.3, -0.25) is 0 Å². The molecule has 0 unspecified atom stereocenters. The third-order valence-corrected chi connectivity index (χ3v) is 12.9. The van der Waals surface area contributed by atoms with Gasteiger partial charge in [0.2, 0.25) is 25.3 Å².